The third-order valence-electron chi connectivity index (χ3n) is 4.87. The number of rotatable bonds is 10. The van der Waals surface area contributed by atoms with Crippen LogP contribution < -0.4 is 14.8 Å². The first-order valence-corrected chi connectivity index (χ1v) is 11.5. The number of pyridine rings is 1. The molecule has 35 heavy (non-hydrogen) atoms. The van der Waals surface area contributed by atoms with Crippen molar-refractivity contribution in [3.05, 3.63) is 78.6 Å². The van der Waals surface area contributed by atoms with Crippen molar-refractivity contribution in [1.82, 2.24) is 25.1 Å². The molecule has 0 aliphatic carbocycles. The first-order chi connectivity index (χ1) is 17.0. The van der Waals surface area contributed by atoms with Gasteiger partial charge < -0.3 is 14.8 Å². The van der Waals surface area contributed by atoms with E-state index in [2.05, 4.69) is 25.2 Å². The number of amides is 1. The van der Waals surface area contributed by atoms with Crippen LogP contribution in [-0.2, 0) is 11.3 Å². The molecule has 0 aliphatic heterocycles. The Hall–Kier alpha value is -3.99. The van der Waals surface area contributed by atoms with Crippen LogP contribution in [0.4, 0.5) is 8.78 Å². The lowest BCUT2D eigenvalue weighted by atomic mass is 10.2. The van der Waals surface area contributed by atoms with Gasteiger partial charge in [0.25, 0.3) is 0 Å². The van der Waals surface area contributed by atoms with Gasteiger partial charge >= 0.3 is 6.61 Å². The fourth-order valence-corrected chi connectivity index (χ4v) is 3.97. The van der Waals surface area contributed by atoms with E-state index in [1.807, 2.05) is 41.0 Å². The smallest absolute Gasteiger partial charge is 0.387 e. The largest absolute Gasteiger partial charge is 0.497 e. The molecule has 0 saturated heterocycles. The number of carbonyl (C=O) groups is 1. The summed E-state index contributed by atoms with van der Waals surface area (Å²) in [4.78, 5) is 16.5. The van der Waals surface area contributed by atoms with Crippen LogP contribution in [-0.4, -0.2) is 45.1 Å². The van der Waals surface area contributed by atoms with Crippen molar-refractivity contribution in [2.24, 2.45) is 0 Å². The van der Waals surface area contributed by atoms with Crippen LogP contribution in [0.25, 0.3) is 17.1 Å². The van der Waals surface area contributed by atoms with Gasteiger partial charge in [-0.15, -0.1) is 10.2 Å². The molecule has 0 bridgehead atoms. The average Bonchev–Trinajstić information content (AvgIpc) is 3.31. The number of hydrogen-bond donors (Lipinski definition) is 1. The summed E-state index contributed by atoms with van der Waals surface area (Å²) in [5.41, 5.74) is 2.40. The maximum Gasteiger partial charge on any atom is 0.387 e. The third-order valence-corrected chi connectivity index (χ3v) is 5.80. The molecule has 0 aliphatic rings. The average molecular weight is 498 g/mol. The Morgan fingerprint density at radius 2 is 1.69 bits per heavy atom. The predicted molar refractivity (Wildman–Crippen MR) is 127 cm³/mol. The molecule has 1 N–H and O–H groups in total. The highest BCUT2D eigenvalue weighted by molar-refractivity contribution is 7.99. The molecule has 0 atom stereocenters. The van der Waals surface area contributed by atoms with Crippen LogP contribution in [0.15, 0.2) is 78.2 Å². The zero-order valence-electron chi connectivity index (χ0n) is 18.6. The number of hydrogen-bond acceptors (Lipinski definition) is 7. The van der Waals surface area contributed by atoms with E-state index in [0.29, 0.717) is 11.0 Å². The van der Waals surface area contributed by atoms with Crippen LogP contribution in [0.5, 0.6) is 11.5 Å². The van der Waals surface area contributed by atoms with Crippen molar-refractivity contribution in [2.45, 2.75) is 18.3 Å². The van der Waals surface area contributed by atoms with E-state index in [0.717, 1.165) is 22.6 Å². The predicted octanol–water partition coefficient (Wildman–Crippen LogP) is 4.35. The van der Waals surface area contributed by atoms with Crippen LogP contribution in [0.3, 0.4) is 0 Å². The van der Waals surface area contributed by atoms with Crippen molar-refractivity contribution < 1.29 is 23.0 Å². The Bertz CT molecular complexity index is 1250. The van der Waals surface area contributed by atoms with Gasteiger partial charge in [-0.1, -0.05) is 23.9 Å². The molecule has 11 heteroatoms. The number of nitrogens with zero attached hydrogens (tertiary/aromatic N) is 4. The lowest BCUT2D eigenvalue weighted by Crippen LogP contribution is -2.24. The van der Waals surface area contributed by atoms with Crippen molar-refractivity contribution in [1.29, 1.82) is 0 Å². The minimum atomic E-state index is -2.88. The second-order valence-corrected chi connectivity index (χ2v) is 8.11. The van der Waals surface area contributed by atoms with Gasteiger partial charge in [-0.2, -0.15) is 8.78 Å². The maximum atomic E-state index is 12.5. The fraction of sp³-hybridized carbons (Fsp3) is 0.167. The highest BCUT2D eigenvalue weighted by Gasteiger charge is 2.17. The van der Waals surface area contributed by atoms with Gasteiger partial charge in [0.05, 0.1) is 12.9 Å². The molecule has 0 radical (unpaired) electrons. The van der Waals surface area contributed by atoms with Gasteiger partial charge in [0, 0.05) is 30.2 Å². The quantitative estimate of drug-likeness (QED) is 0.326. The molecular formula is C24H21F2N5O3S. The molecule has 0 fully saturated rings. The number of methoxy groups -OCH3 is 1. The summed E-state index contributed by atoms with van der Waals surface area (Å²) in [6.07, 6.45) is 3.35. The lowest BCUT2D eigenvalue weighted by Gasteiger charge is -2.11. The Morgan fingerprint density at radius 1 is 1.00 bits per heavy atom. The minimum absolute atomic E-state index is 0.0634. The molecule has 4 rings (SSSR count). The van der Waals surface area contributed by atoms with Gasteiger partial charge in [-0.3, -0.25) is 14.3 Å². The van der Waals surface area contributed by atoms with E-state index < -0.39 is 6.61 Å². The van der Waals surface area contributed by atoms with Crippen molar-refractivity contribution >= 4 is 17.7 Å². The molecule has 2 aromatic carbocycles. The number of carbonyl (C=O) groups excluding carboxylic acids is 1. The number of nitrogens with one attached hydrogen (secondary N) is 1. The minimum Gasteiger partial charge on any atom is -0.497 e. The zero-order chi connectivity index (χ0) is 24.6. The summed E-state index contributed by atoms with van der Waals surface area (Å²) in [5.74, 6) is 1.30. The number of ether oxygens (including phenoxy) is 2. The molecule has 0 unspecified atom stereocenters. The Balaban J connectivity index is 1.44. The maximum absolute atomic E-state index is 12.5. The van der Waals surface area contributed by atoms with E-state index >= 15 is 0 Å². The van der Waals surface area contributed by atoms with Crippen molar-refractivity contribution in [3.63, 3.8) is 0 Å². The molecule has 4 aromatic rings. The van der Waals surface area contributed by atoms with Crippen LogP contribution in [0.2, 0.25) is 0 Å². The summed E-state index contributed by atoms with van der Waals surface area (Å²) < 4.78 is 36.0. The SMILES string of the molecule is COc1ccc(-n2c(SCC(=O)NCc3ccc(OC(F)F)cc3)nnc2-c2ccncc2)cc1. The second-order valence-electron chi connectivity index (χ2n) is 7.16. The topological polar surface area (TPSA) is 91.2 Å². The molecule has 2 heterocycles. The normalized spacial score (nSPS) is 10.9. The van der Waals surface area contributed by atoms with Crippen LogP contribution in [0.1, 0.15) is 5.56 Å². The number of benzene rings is 2. The number of halogens is 2. The number of aromatic nitrogens is 4. The number of thioether (sulfide) groups is 1. The van der Waals surface area contributed by atoms with E-state index in [-0.39, 0.29) is 24.0 Å². The van der Waals surface area contributed by atoms with Gasteiger partial charge in [0.15, 0.2) is 11.0 Å². The van der Waals surface area contributed by atoms with E-state index in [1.165, 1.54) is 23.9 Å². The molecule has 0 saturated carbocycles. The first kappa shape index (κ1) is 24.1. The van der Waals surface area contributed by atoms with E-state index in [9.17, 15) is 13.6 Å². The summed E-state index contributed by atoms with van der Waals surface area (Å²) in [6, 6.07) is 17.2. The van der Waals surface area contributed by atoms with E-state index in [4.69, 9.17) is 4.74 Å². The summed E-state index contributed by atoms with van der Waals surface area (Å²) >= 11 is 1.25. The molecule has 0 spiro atoms. The van der Waals surface area contributed by atoms with Gasteiger partial charge in [-0.25, -0.2) is 0 Å². The fourth-order valence-electron chi connectivity index (χ4n) is 3.19. The summed E-state index contributed by atoms with van der Waals surface area (Å²) in [5, 5.41) is 12.0. The molecule has 180 valence electrons. The van der Waals surface area contributed by atoms with Crippen LogP contribution in [0, 0.1) is 0 Å². The van der Waals surface area contributed by atoms with Gasteiger partial charge in [0.2, 0.25) is 5.91 Å². The molecule has 8 nitrogen and oxygen atoms in total. The molecular weight excluding hydrogens is 476 g/mol. The third kappa shape index (κ3) is 6.33. The second kappa shape index (κ2) is 11.4. The van der Waals surface area contributed by atoms with Gasteiger partial charge in [0.1, 0.15) is 11.5 Å². The summed E-state index contributed by atoms with van der Waals surface area (Å²) in [6.45, 7) is -2.63. The molecule has 1 amide bonds. The highest BCUT2D eigenvalue weighted by Crippen LogP contribution is 2.28. The standard InChI is InChI=1S/C24H21F2N5O3S/c1-33-19-8-4-18(5-9-19)31-22(17-10-12-27-13-11-17)29-30-24(31)35-15-21(32)28-14-16-2-6-20(7-3-16)34-23(25)26/h2-13,23H,14-15H2,1H3,(H,28,32). The highest BCUT2D eigenvalue weighted by atomic mass is 32.2. The lowest BCUT2D eigenvalue weighted by molar-refractivity contribution is -0.118. The Morgan fingerprint density at radius 3 is 2.34 bits per heavy atom. The van der Waals surface area contributed by atoms with E-state index in [1.54, 1.807) is 31.6 Å². The van der Waals surface area contributed by atoms with Crippen molar-refractivity contribution in [3.8, 4) is 28.6 Å². The zero-order valence-corrected chi connectivity index (χ0v) is 19.4. The summed E-state index contributed by atoms with van der Waals surface area (Å²) in [7, 11) is 1.60. The molecule has 2 aromatic heterocycles. The Labute approximate surface area is 204 Å². The van der Waals surface area contributed by atoms with Gasteiger partial charge in [-0.05, 0) is 54.1 Å². The van der Waals surface area contributed by atoms with Crippen molar-refractivity contribution in [2.75, 3.05) is 12.9 Å². The van der Waals surface area contributed by atoms with Crippen LogP contribution >= 0.6 is 11.8 Å². The monoisotopic (exact) mass is 497 g/mol. The first-order valence-electron chi connectivity index (χ1n) is 10.5. The Kier molecular flexibility index (Phi) is 7.88. The number of alkyl halides is 2.